The molecule has 124 valence electrons. The summed E-state index contributed by atoms with van der Waals surface area (Å²) >= 11 is 0. The van der Waals surface area contributed by atoms with Crippen molar-refractivity contribution in [1.29, 1.82) is 0 Å². The topological polar surface area (TPSA) is 46.2 Å². The number of nitrogens with one attached hydrogen (secondary N) is 1. The molecule has 2 aromatic rings. The summed E-state index contributed by atoms with van der Waals surface area (Å²) in [4.78, 5) is 26.2. The summed E-state index contributed by atoms with van der Waals surface area (Å²) in [6.07, 6.45) is 0.783. The van der Waals surface area contributed by atoms with E-state index in [9.17, 15) is 9.59 Å². The van der Waals surface area contributed by atoms with E-state index in [1.165, 1.54) is 0 Å². The van der Waals surface area contributed by atoms with Gasteiger partial charge < -0.3 is 5.32 Å². The fourth-order valence-electron chi connectivity index (χ4n) is 3.33. The van der Waals surface area contributed by atoms with Crippen molar-refractivity contribution in [3.05, 3.63) is 64.2 Å². The molecule has 0 bridgehead atoms. The van der Waals surface area contributed by atoms with Gasteiger partial charge in [-0.15, -0.1) is 0 Å². The third-order valence-corrected chi connectivity index (χ3v) is 4.23. The zero-order valence-electron chi connectivity index (χ0n) is 14.6. The maximum atomic E-state index is 13.1. The lowest BCUT2D eigenvalue weighted by Crippen LogP contribution is -2.25. The lowest BCUT2D eigenvalue weighted by atomic mass is 9.79. The Morgan fingerprint density at radius 2 is 1.42 bits per heavy atom. The summed E-state index contributed by atoms with van der Waals surface area (Å²) in [5.74, 6) is 0.315. The number of rotatable bonds is 4. The van der Waals surface area contributed by atoms with Crippen molar-refractivity contribution in [3.63, 3.8) is 0 Å². The summed E-state index contributed by atoms with van der Waals surface area (Å²) in [7, 11) is 0. The molecule has 1 aliphatic rings. The number of anilines is 1. The number of hydrogen-bond acceptors (Lipinski definition) is 3. The first-order chi connectivity index (χ1) is 11.4. The molecule has 0 saturated heterocycles. The molecule has 2 aromatic carbocycles. The van der Waals surface area contributed by atoms with E-state index in [-0.39, 0.29) is 17.6 Å². The Hall–Kier alpha value is -2.42. The van der Waals surface area contributed by atoms with E-state index in [0.29, 0.717) is 28.2 Å². The first kappa shape index (κ1) is 16.4. The second-order valence-electron chi connectivity index (χ2n) is 7.12. The summed E-state index contributed by atoms with van der Waals surface area (Å²) in [5.41, 5.74) is 3.84. The van der Waals surface area contributed by atoms with E-state index in [0.717, 1.165) is 17.7 Å². The molecule has 0 amide bonds. The fourth-order valence-corrected chi connectivity index (χ4v) is 3.33. The smallest absolute Gasteiger partial charge is 0.196 e. The minimum absolute atomic E-state index is 0.0387. The second kappa shape index (κ2) is 6.23. The average molecular weight is 321 g/mol. The minimum atomic E-state index is -0.0612. The maximum absolute atomic E-state index is 13.1. The van der Waals surface area contributed by atoms with Crippen molar-refractivity contribution >= 4 is 17.3 Å². The van der Waals surface area contributed by atoms with Crippen molar-refractivity contribution in [2.75, 3.05) is 5.32 Å². The van der Waals surface area contributed by atoms with Crippen LogP contribution in [0.3, 0.4) is 0 Å². The van der Waals surface area contributed by atoms with Crippen LogP contribution >= 0.6 is 0 Å². The van der Waals surface area contributed by atoms with Gasteiger partial charge in [0.25, 0.3) is 0 Å². The predicted molar refractivity (Wildman–Crippen MR) is 97.0 cm³/mol. The molecule has 3 heteroatoms. The Morgan fingerprint density at radius 1 is 0.833 bits per heavy atom. The predicted octanol–water partition coefficient (Wildman–Crippen LogP) is 4.48. The quantitative estimate of drug-likeness (QED) is 0.770. The maximum Gasteiger partial charge on any atom is 0.196 e. The normalized spacial score (nSPS) is 13.2. The molecule has 1 N–H and O–H groups in total. The highest BCUT2D eigenvalue weighted by molar-refractivity contribution is 6.30. The Labute approximate surface area is 143 Å². The van der Waals surface area contributed by atoms with Crippen LogP contribution in [0.4, 0.5) is 5.69 Å². The number of fused-ring (bicyclic) bond motifs is 2. The molecule has 0 atom stereocenters. The third kappa shape index (κ3) is 2.75. The SMILES string of the molecule is CC(C)Cc1ccc(NC(C)C)c2c1C(=O)c1ccccc1C2=O. The Bertz CT molecular complexity index is 751. The van der Waals surface area contributed by atoms with Gasteiger partial charge in [-0.25, -0.2) is 0 Å². The monoisotopic (exact) mass is 321 g/mol. The molecule has 3 nitrogen and oxygen atoms in total. The summed E-state index contributed by atoms with van der Waals surface area (Å²) in [5, 5.41) is 3.32. The van der Waals surface area contributed by atoms with E-state index in [1.54, 1.807) is 12.1 Å². The highest BCUT2D eigenvalue weighted by Crippen LogP contribution is 2.35. The largest absolute Gasteiger partial charge is 0.382 e. The van der Waals surface area contributed by atoms with Gasteiger partial charge >= 0.3 is 0 Å². The third-order valence-electron chi connectivity index (χ3n) is 4.23. The Kier molecular flexibility index (Phi) is 4.27. The molecular weight excluding hydrogens is 298 g/mol. The molecule has 24 heavy (non-hydrogen) atoms. The molecule has 0 aromatic heterocycles. The van der Waals surface area contributed by atoms with Crippen LogP contribution in [0.1, 0.15) is 65.1 Å². The first-order valence-corrected chi connectivity index (χ1v) is 8.51. The van der Waals surface area contributed by atoms with E-state index in [4.69, 9.17) is 0 Å². The Morgan fingerprint density at radius 3 is 1.96 bits per heavy atom. The number of carbonyl (C=O) groups is 2. The van der Waals surface area contributed by atoms with E-state index in [1.807, 2.05) is 38.1 Å². The van der Waals surface area contributed by atoms with Gasteiger partial charge in [-0.3, -0.25) is 9.59 Å². The molecule has 0 spiro atoms. The van der Waals surface area contributed by atoms with Crippen molar-refractivity contribution < 1.29 is 9.59 Å². The highest BCUT2D eigenvalue weighted by Gasteiger charge is 2.33. The van der Waals surface area contributed by atoms with Crippen molar-refractivity contribution in [2.24, 2.45) is 5.92 Å². The molecule has 0 radical (unpaired) electrons. The molecule has 0 aliphatic heterocycles. The number of carbonyl (C=O) groups excluding carboxylic acids is 2. The van der Waals surface area contributed by atoms with Crippen LogP contribution in [0.5, 0.6) is 0 Å². The van der Waals surface area contributed by atoms with Gasteiger partial charge in [-0.2, -0.15) is 0 Å². The van der Waals surface area contributed by atoms with Gasteiger partial charge in [-0.05, 0) is 37.8 Å². The van der Waals surface area contributed by atoms with Gasteiger partial charge in [0.05, 0.1) is 5.56 Å². The standard InChI is InChI=1S/C21H23NO2/c1-12(2)11-14-9-10-17(22-13(3)4)19-18(14)20(23)15-7-5-6-8-16(15)21(19)24/h5-10,12-13,22H,11H2,1-4H3. The van der Waals surface area contributed by atoms with Crippen LogP contribution in [-0.2, 0) is 6.42 Å². The van der Waals surface area contributed by atoms with Crippen LogP contribution < -0.4 is 5.32 Å². The number of benzene rings is 2. The van der Waals surface area contributed by atoms with Crippen molar-refractivity contribution in [2.45, 2.75) is 40.2 Å². The lowest BCUT2D eigenvalue weighted by Gasteiger charge is -2.25. The molecule has 1 aliphatic carbocycles. The zero-order chi connectivity index (χ0) is 17.4. The van der Waals surface area contributed by atoms with E-state index in [2.05, 4.69) is 19.2 Å². The number of ketones is 2. The van der Waals surface area contributed by atoms with Crippen LogP contribution in [0.2, 0.25) is 0 Å². The summed E-state index contributed by atoms with van der Waals surface area (Å²) < 4.78 is 0. The lowest BCUT2D eigenvalue weighted by molar-refractivity contribution is 0.0978. The van der Waals surface area contributed by atoms with Gasteiger partial charge in [0.2, 0.25) is 0 Å². The van der Waals surface area contributed by atoms with Gasteiger partial charge in [-0.1, -0.05) is 44.2 Å². The molecule has 0 unspecified atom stereocenters. The zero-order valence-corrected chi connectivity index (χ0v) is 14.6. The van der Waals surface area contributed by atoms with E-state index >= 15 is 0 Å². The van der Waals surface area contributed by atoms with Crippen molar-refractivity contribution in [3.8, 4) is 0 Å². The van der Waals surface area contributed by atoms with Crippen molar-refractivity contribution in [1.82, 2.24) is 0 Å². The highest BCUT2D eigenvalue weighted by atomic mass is 16.1. The molecular formula is C21H23NO2. The molecule has 0 heterocycles. The van der Waals surface area contributed by atoms with Gasteiger partial charge in [0, 0.05) is 28.4 Å². The molecule has 0 saturated carbocycles. The first-order valence-electron chi connectivity index (χ1n) is 8.51. The summed E-state index contributed by atoms with van der Waals surface area (Å²) in [6, 6.07) is 11.2. The second-order valence-corrected chi connectivity index (χ2v) is 7.12. The molecule has 3 rings (SSSR count). The van der Waals surface area contributed by atoms with Crippen LogP contribution in [0.25, 0.3) is 0 Å². The van der Waals surface area contributed by atoms with Crippen LogP contribution in [-0.4, -0.2) is 17.6 Å². The minimum Gasteiger partial charge on any atom is -0.382 e. The van der Waals surface area contributed by atoms with Crippen LogP contribution in [0, 0.1) is 5.92 Å². The Balaban J connectivity index is 2.26. The van der Waals surface area contributed by atoms with Gasteiger partial charge in [0.1, 0.15) is 0 Å². The van der Waals surface area contributed by atoms with E-state index < -0.39 is 0 Å². The van der Waals surface area contributed by atoms with Crippen LogP contribution in [0.15, 0.2) is 36.4 Å². The fraction of sp³-hybridized carbons (Fsp3) is 0.333. The van der Waals surface area contributed by atoms with Gasteiger partial charge in [0.15, 0.2) is 11.6 Å². The average Bonchev–Trinajstić information content (AvgIpc) is 2.53. The molecule has 0 fully saturated rings. The number of hydrogen-bond donors (Lipinski definition) is 1. The summed E-state index contributed by atoms with van der Waals surface area (Å²) in [6.45, 7) is 8.29.